The molecule has 17 heavy (non-hydrogen) atoms. The molecule has 0 aromatic carbocycles. The van der Waals surface area contributed by atoms with E-state index in [0.717, 1.165) is 25.1 Å². The maximum Gasteiger partial charge on any atom is 0.103 e. The summed E-state index contributed by atoms with van der Waals surface area (Å²) in [6, 6.07) is 2.35. The summed E-state index contributed by atoms with van der Waals surface area (Å²) in [6.45, 7) is 4.82. The maximum absolute atomic E-state index is 9.10. The molecule has 94 valence electrons. The van der Waals surface area contributed by atoms with Crippen molar-refractivity contribution in [2.24, 2.45) is 7.05 Å². The number of nitrogens with zero attached hydrogens (tertiary/aromatic N) is 3. The molecule has 0 aliphatic carbocycles. The second kappa shape index (κ2) is 6.67. The fraction of sp³-hybridized carbons (Fsp3) is 0.667. The highest BCUT2D eigenvalue weighted by Gasteiger charge is 2.21. The van der Waals surface area contributed by atoms with Crippen LogP contribution in [0.25, 0.3) is 0 Å². The molecule has 0 amide bonds. The molecule has 0 bridgehead atoms. The largest absolute Gasteiger partial charge is 0.300 e. The summed E-state index contributed by atoms with van der Waals surface area (Å²) in [5.41, 5.74) is -0.385. The van der Waals surface area contributed by atoms with E-state index in [1.165, 1.54) is 4.90 Å². The third-order valence-electron chi connectivity index (χ3n) is 2.58. The van der Waals surface area contributed by atoms with Gasteiger partial charge in [-0.05, 0) is 32.1 Å². The first kappa shape index (κ1) is 14.1. The minimum atomic E-state index is -0.385. The maximum atomic E-state index is 9.10. The van der Waals surface area contributed by atoms with Crippen molar-refractivity contribution >= 4 is 11.8 Å². The zero-order chi connectivity index (χ0) is 12.7. The number of aryl methyl sites for hydroxylation is 1. The van der Waals surface area contributed by atoms with E-state index in [4.69, 9.17) is 5.26 Å². The Bertz CT molecular complexity index is 382. The second-order valence-electron chi connectivity index (χ2n) is 4.28. The van der Waals surface area contributed by atoms with Gasteiger partial charge in [0, 0.05) is 18.1 Å². The van der Waals surface area contributed by atoms with Gasteiger partial charge in [-0.3, -0.25) is 10.00 Å². The second-order valence-corrected chi connectivity index (χ2v) is 5.44. The summed E-state index contributed by atoms with van der Waals surface area (Å²) in [5.74, 6) is 1.02. The molecular weight excluding hydrogens is 232 g/mol. The Morgan fingerprint density at radius 2 is 2.41 bits per heavy atom. The number of aromatic nitrogens is 2. The van der Waals surface area contributed by atoms with Crippen LogP contribution in [0.3, 0.4) is 0 Å². The third kappa shape index (κ3) is 4.80. The van der Waals surface area contributed by atoms with Gasteiger partial charge in [-0.15, -0.1) is 11.8 Å². The van der Waals surface area contributed by atoms with Crippen LogP contribution >= 0.6 is 11.8 Å². The quantitative estimate of drug-likeness (QED) is 0.597. The molecule has 0 radical (unpaired) electrons. The first-order chi connectivity index (χ1) is 8.09. The lowest BCUT2D eigenvalue weighted by Crippen LogP contribution is -2.40. The van der Waals surface area contributed by atoms with Gasteiger partial charge >= 0.3 is 0 Å². The van der Waals surface area contributed by atoms with Crippen molar-refractivity contribution in [1.29, 1.82) is 5.26 Å². The van der Waals surface area contributed by atoms with Crippen LogP contribution in [-0.2, 0) is 7.05 Å². The highest BCUT2D eigenvalue weighted by molar-refractivity contribution is 7.99. The standard InChI is InChI=1S/C12H20N4S/c1-4-14-12(2,10-13)6-5-7-17-11-8-15-16(3)9-11/h8-9,14H,4-7H2,1-3H3. The predicted octanol–water partition coefficient (Wildman–Crippen LogP) is 2.18. The van der Waals surface area contributed by atoms with Crippen LogP contribution in [0.5, 0.6) is 0 Å². The fourth-order valence-electron chi connectivity index (χ4n) is 1.66. The van der Waals surface area contributed by atoms with E-state index < -0.39 is 0 Å². The van der Waals surface area contributed by atoms with Crippen LogP contribution in [-0.4, -0.2) is 27.6 Å². The Labute approximate surface area is 107 Å². The van der Waals surface area contributed by atoms with Crippen molar-refractivity contribution in [3.05, 3.63) is 12.4 Å². The van der Waals surface area contributed by atoms with E-state index in [-0.39, 0.29) is 5.54 Å². The molecule has 1 aromatic heterocycles. The van der Waals surface area contributed by atoms with Crippen molar-refractivity contribution in [1.82, 2.24) is 15.1 Å². The number of nitrogens with one attached hydrogen (secondary N) is 1. The topological polar surface area (TPSA) is 53.6 Å². The first-order valence-electron chi connectivity index (χ1n) is 5.87. The first-order valence-corrected chi connectivity index (χ1v) is 6.86. The van der Waals surface area contributed by atoms with Crippen LogP contribution in [0.4, 0.5) is 0 Å². The summed E-state index contributed by atoms with van der Waals surface area (Å²) in [6.07, 6.45) is 5.79. The summed E-state index contributed by atoms with van der Waals surface area (Å²) < 4.78 is 1.81. The van der Waals surface area contributed by atoms with Gasteiger partial charge in [0.25, 0.3) is 0 Å². The van der Waals surface area contributed by atoms with Gasteiger partial charge in [0.05, 0.1) is 12.3 Å². The fourth-order valence-corrected chi connectivity index (χ4v) is 2.54. The van der Waals surface area contributed by atoms with Crippen LogP contribution in [0, 0.1) is 11.3 Å². The Kier molecular flexibility index (Phi) is 5.52. The number of thioether (sulfide) groups is 1. The molecule has 0 spiro atoms. The molecule has 4 nitrogen and oxygen atoms in total. The summed E-state index contributed by atoms with van der Waals surface area (Å²) in [4.78, 5) is 1.19. The van der Waals surface area contributed by atoms with Crippen LogP contribution in [0.1, 0.15) is 26.7 Å². The van der Waals surface area contributed by atoms with Gasteiger partial charge in [0.15, 0.2) is 0 Å². The molecule has 1 N–H and O–H groups in total. The smallest absolute Gasteiger partial charge is 0.103 e. The van der Waals surface area contributed by atoms with E-state index in [9.17, 15) is 0 Å². The molecule has 0 saturated carbocycles. The van der Waals surface area contributed by atoms with Gasteiger partial charge in [0.1, 0.15) is 5.54 Å². The van der Waals surface area contributed by atoms with E-state index >= 15 is 0 Å². The zero-order valence-corrected chi connectivity index (χ0v) is 11.5. The Balaban J connectivity index is 2.26. The minimum absolute atomic E-state index is 0.385. The van der Waals surface area contributed by atoms with E-state index in [1.807, 2.05) is 33.3 Å². The molecule has 0 saturated heterocycles. The van der Waals surface area contributed by atoms with Crippen LogP contribution in [0.15, 0.2) is 17.3 Å². The highest BCUT2D eigenvalue weighted by Crippen LogP contribution is 2.20. The third-order valence-corrected chi connectivity index (χ3v) is 3.62. The lowest BCUT2D eigenvalue weighted by molar-refractivity contribution is 0.426. The molecule has 0 aliphatic rings. The summed E-state index contributed by atoms with van der Waals surface area (Å²) in [7, 11) is 1.92. The normalized spacial score (nSPS) is 14.2. The Morgan fingerprint density at radius 1 is 1.65 bits per heavy atom. The van der Waals surface area contributed by atoms with Crippen LogP contribution in [0.2, 0.25) is 0 Å². The molecule has 0 fully saturated rings. The number of hydrogen-bond donors (Lipinski definition) is 1. The summed E-state index contributed by atoms with van der Waals surface area (Å²) >= 11 is 1.79. The van der Waals surface area contributed by atoms with Gasteiger partial charge in [0.2, 0.25) is 0 Å². The molecule has 1 aromatic rings. The molecule has 1 rings (SSSR count). The van der Waals surface area contributed by atoms with Crippen molar-refractivity contribution < 1.29 is 0 Å². The van der Waals surface area contributed by atoms with Crippen molar-refractivity contribution in [3.8, 4) is 6.07 Å². The van der Waals surface area contributed by atoms with Crippen LogP contribution < -0.4 is 5.32 Å². The van der Waals surface area contributed by atoms with Gasteiger partial charge in [-0.2, -0.15) is 10.4 Å². The molecule has 1 heterocycles. The molecule has 1 atom stereocenters. The number of nitriles is 1. The minimum Gasteiger partial charge on any atom is -0.300 e. The predicted molar refractivity (Wildman–Crippen MR) is 70.9 cm³/mol. The highest BCUT2D eigenvalue weighted by atomic mass is 32.2. The summed E-state index contributed by atoms with van der Waals surface area (Å²) in [5, 5.41) is 16.4. The van der Waals surface area contributed by atoms with Gasteiger partial charge < -0.3 is 0 Å². The zero-order valence-electron chi connectivity index (χ0n) is 10.7. The van der Waals surface area contributed by atoms with Crippen molar-refractivity contribution in [2.75, 3.05) is 12.3 Å². The average molecular weight is 252 g/mol. The van der Waals surface area contributed by atoms with E-state index in [0.29, 0.717) is 0 Å². The van der Waals surface area contributed by atoms with E-state index in [2.05, 4.69) is 16.5 Å². The Morgan fingerprint density at radius 3 is 2.94 bits per heavy atom. The van der Waals surface area contributed by atoms with Gasteiger partial charge in [-0.25, -0.2) is 0 Å². The SMILES string of the molecule is CCNC(C)(C#N)CCCSc1cnn(C)c1. The number of hydrogen-bond acceptors (Lipinski definition) is 4. The van der Waals surface area contributed by atoms with Crippen molar-refractivity contribution in [3.63, 3.8) is 0 Å². The molecule has 1 unspecified atom stereocenters. The lowest BCUT2D eigenvalue weighted by Gasteiger charge is -2.22. The monoisotopic (exact) mass is 252 g/mol. The molecular formula is C12H20N4S. The Hall–Kier alpha value is -0.990. The molecule has 0 aliphatic heterocycles. The van der Waals surface area contributed by atoms with Crippen molar-refractivity contribution in [2.45, 2.75) is 37.1 Å². The number of rotatable bonds is 7. The molecule has 5 heteroatoms. The van der Waals surface area contributed by atoms with Gasteiger partial charge in [-0.1, -0.05) is 6.92 Å². The van der Waals surface area contributed by atoms with E-state index in [1.54, 1.807) is 16.4 Å². The lowest BCUT2D eigenvalue weighted by atomic mass is 9.98. The average Bonchev–Trinajstić information content (AvgIpc) is 2.71.